The molecular formula is C54H36N2. The summed E-state index contributed by atoms with van der Waals surface area (Å²) < 4.78 is 4.90. The van der Waals surface area contributed by atoms with Crippen molar-refractivity contribution in [1.82, 2.24) is 9.13 Å². The maximum Gasteiger partial charge on any atom is 0.0547 e. The Balaban J connectivity index is 1.12. The van der Waals surface area contributed by atoms with Crippen molar-refractivity contribution >= 4 is 43.6 Å². The standard InChI is InChI=1S/C54H36N2/c1-4-16-37(17-5-1)42-28-31-46-48-35-41(30-33-53(48)56(54(46)36-42)50-26-14-11-23-44(50)39-20-8-3-9-21-39)40-29-32-52-47(34-40)45-24-12-15-27-51(45)55(52)49-25-13-10-22-43(49)38-18-6-2-7-19-38/h1-36H. The summed E-state index contributed by atoms with van der Waals surface area (Å²) in [4.78, 5) is 0. The lowest BCUT2D eigenvalue weighted by Gasteiger charge is -2.15. The topological polar surface area (TPSA) is 9.86 Å². The van der Waals surface area contributed by atoms with Gasteiger partial charge >= 0.3 is 0 Å². The van der Waals surface area contributed by atoms with Crippen LogP contribution >= 0.6 is 0 Å². The van der Waals surface area contributed by atoms with E-state index in [1.54, 1.807) is 0 Å². The highest BCUT2D eigenvalue weighted by molar-refractivity contribution is 6.13. The van der Waals surface area contributed by atoms with E-state index in [0.29, 0.717) is 0 Å². The summed E-state index contributed by atoms with van der Waals surface area (Å²) in [6.45, 7) is 0. The second-order valence-electron chi connectivity index (χ2n) is 14.5. The molecule has 0 unspecified atom stereocenters. The molecule has 2 aromatic heterocycles. The van der Waals surface area contributed by atoms with Gasteiger partial charge in [0.05, 0.1) is 33.4 Å². The van der Waals surface area contributed by atoms with Crippen molar-refractivity contribution in [3.63, 3.8) is 0 Å². The molecule has 0 aliphatic rings. The minimum Gasteiger partial charge on any atom is -0.309 e. The summed E-state index contributed by atoms with van der Waals surface area (Å²) >= 11 is 0. The van der Waals surface area contributed by atoms with Crippen molar-refractivity contribution in [2.24, 2.45) is 0 Å². The van der Waals surface area contributed by atoms with Gasteiger partial charge < -0.3 is 9.13 Å². The van der Waals surface area contributed by atoms with Crippen LogP contribution in [0.15, 0.2) is 218 Å². The van der Waals surface area contributed by atoms with Gasteiger partial charge in [0.2, 0.25) is 0 Å². The van der Waals surface area contributed by atoms with Gasteiger partial charge in [-0.25, -0.2) is 0 Å². The molecule has 0 aliphatic heterocycles. The molecule has 0 radical (unpaired) electrons. The van der Waals surface area contributed by atoms with Crippen molar-refractivity contribution < 1.29 is 0 Å². The van der Waals surface area contributed by atoms with Gasteiger partial charge in [-0.2, -0.15) is 0 Å². The Morgan fingerprint density at radius 2 is 0.607 bits per heavy atom. The van der Waals surface area contributed by atoms with Crippen molar-refractivity contribution in [3.05, 3.63) is 218 Å². The number of benzene rings is 9. The van der Waals surface area contributed by atoms with E-state index in [1.807, 2.05) is 0 Å². The summed E-state index contributed by atoms with van der Waals surface area (Å²) in [5.41, 5.74) is 16.8. The lowest BCUT2D eigenvalue weighted by Crippen LogP contribution is -1.97. The summed E-state index contributed by atoms with van der Waals surface area (Å²) in [6.07, 6.45) is 0. The predicted molar refractivity (Wildman–Crippen MR) is 237 cm³/mol. The predicted octanol–water partition coefficient (Wildman–Crippen LogP) is 14.5. The SMILES string of the molecule is c1ccc(-c2ccc3c4cc(-c5ccc6c(c5)c5ccccc5n6-c5ccccc5-c5ccccc5)ccc4n(-c4ccccc4-c4ccccc4)c3c2)cc1. The molecule has 2 heteroatoms. The summed E-state index contributed by atoms with van der Waals surface area (Å²) in [5, 5.41) is 4.96. The van der Waals surface area contributed by atoms with E-state index >= 15 is 0 Å². The minimum absolute atomic E-state index is 1.17. The monoisotopic (exact) mass is 712 g/mol. The number of aromatic nitrogens is 2. The average molecular weight is 713 g/mol. The summed E-state index contributed by atoms with van der Waals surface area (Å²) in [6, 6.07) is 79.4. The van der Waals surface area contributed by atoms with Crippen LogP contribution in [0.25, 0.3) is 99.5 Å². The molecule has 56 heavy (non-hydrogen) atoms. The van der Waals surface area contributed by atoms with E-state index in [2.05, 4.69) is 228 Å². The highest BCUT2D eigenvalue weighted by Gasteiger charge is 2.19. The average Bonchev–Trinajstić information content (AvgIpc) is 3.79. The van der Waals surface area contributed by atoms with Crippen LogP contribution < -0.4 is 0 Å². The normalized spacial score (nSPS) is 11.6. The lowest BCUT2D eigenvalue weighted by atomic mass is 9.99. The quantitative estimate of drug-likeness (QED) is 0.162. The van der Waals surface area contributed by atoms with Gasteiger partial charge in [-0.1, -0.05) is 170 Å². The highest BCUT2D eigenvalue weighted by Crippen LogP contribution is 2.41. The van der Waals surface area contributed by atoms with Crippen LogP contribution in [-0.2, 0) is 0 Å². The minimum atomic E-state index is 1.17. The fourth-order valence-corrected chi connectivity index (χ4v) is 8.74. The Morgan fingerprint density at radius 1 is 0.214 bits per heavy atom. The van der Waals surface area contributed by atoms with Gasteiger partial charge in [0.25, 0.3) is 0 Å². The van der Waals surface area contributed by atoms with Crippen molar-refractivity contribution in [2.45, 2.75) is 0 Å². The Morgan fingerprint density at radius 3 is 1.18 bits per heavy atom. The van der Waals surface area contributed by atoms with Crippen molar-refractivity contribution in [3.8, 4) is 55.9 Å². The van der Waals surface area contributed by atoms with Gasteiger partial charge in [0.15, 0.2) is 0 Å². The third-order valence-corrected chi connectivity index (χ3v) is 11.3. The Kier molecular flexibility index (Phi) is 7.53. The number of hydrogen-bond donors (Lipinski definition) is 0. The van der Waals surface area contributed by atoms with E-state index in [4.69, 9.17) is 0 Å². The van der Waals surface area contributed by atoms with Crippen molar-refractivity contribution in [2.75, 3.05) is 0 Å². The smallest absolute Gasteiger partial charge is 0.0547 e. The Hall–Kier alpha value is -7.42. The number of nitrogens with zero attached hydrogens (tertiary/aromatic N) is 2. The molecule has 9 aromatic carbocycles. The molecule has 0 saturated carbocycles. The van der Waals surface area contributed by atoms with Gasteiger partial charge in [0.1, 0.15) is 0 Å². The van der Waals surface area contributed by atoms with Gasteiger partial charge in [-0.15, -0.1) is 0 Å². The molecule has 0 bridgehead atoms. The molecule has 262 valence electrons. The molecular weight excluding hydrogens is 677 g/mol. The van der Waals surface area contributed by atoms with E-state index < -0.39 is 0 Å². The number of rotatable bonds is 6. The fourth-order valence-electron chi connectivity index (χ4n) is 8.74. The molecule has 0 fully saturated rings. The maximum atomic E-state index is 2.46. The third-order valence-electron chi connectivity index (χ3n) is 11.3. The third kappa shape index (κ3) is 5.19. The molecule has 0 aliphatic carbocycles. The second kappa shape index (κ2) is 13.2. The first kappa shape index (κ1) is 32.0. The zero-order valence-corrected chi connectivity index (χ0v) is 30.7. The second-order valence-corrected chi connectivity index (χ2v) is 14.5. The largest absolute Gasteiger partial charge is 0.309 e. The van der Waals surface area contributed by atoms with Crippen molar-refractivity contribution in [1.29, 1.82) is 0 Å². The first-order chi connectivity index (χ1) is 27.8. The fraction of sp³-hybridized carbons (Fsp3) is 0. The molecule has 0 spiro atoms. The number of fused-ring (bicyclic) bond motifs is 6. The molecule has 2 heterocycles. The van der Waals surface area contributed by atoms with Crippen LogP contribution in [0, 0.1) is 0 Å². The lowest BCUT2D eigenvalue weighted by molar-refractivity contribution is 1.18. The van der Waals surface area contributed by atoms with Crippen LogP contribution in [0.1, 0.15) is 0 Å². The van der Waals surface area contributed by atoms with Crippen LogP contribution in [0.3, 0.4) is 0 Å². The van der Waals surface area contributed by atoms with Gasteiger partial charge in [-0.05, 0) is 81.9 Å². The molecule has 11 aromatic rings. The Bertz CT molecular complexity index is 3220. The van der Waals surface area contributed by atoms with Crippen LogP contribution in [0.4, 0.5) is 0 Å². The molecule has 0 N–H and O–H groups in total. The first-order valence-corrected chi connectivity index (χ1v) is 19.3. The summed E-state index contributed by atoms with van der Waals surface area (Å²) in [5.74, 6) is 0. The van der Waals surface area contributed by atoms with Crippen LogP contribution in [0.2, 0.25) is 0 Å². The zero-order chi connectivity index (χ0) is 37.0. The molecule has 0 saturated heterocycles. The molecule has 2 nitrogen and oxygen atoms in total. The molecule has 0 atom stereocenters. The van der Waals surface area contributed by atoms with Crippen LogP contribution in [0.5, 0.6) is 0 Å². The van der Waals surface area contributed by atoms with Gasteiger partial charge in [-0.3, -0.25) is 0 Å². The molecule has 0 amide bonds. The summed E-state index contributed by atoms with van der Waals surface area (Å²) in [7, 11) is 0. The number of para-hydroxylation sites is 3. The highest BCUT2D eigenvalue weighted by atomic mass is 15.0. The van der Waals surface area contributed by atoms with E-state index in [1.165, 1.54) is 99.5 Å². The van der Waals surface area contributed by atoms with Crippen LogP contribution in [-0.4, -0.2) is 9.13 Å². The first-order valence-electron chi connectivity index (χ1n) is 19.3. The zero-order valence-electron chi connectivity index (χ0n) is 30.7. The Labute approximate surface area is 325 Å². The number of hydrogen-bond acceptors (Lipinski definition) is 0. The van der Waals surface area contributed by atoms with E-state index in [0.717, 1.165) is 0 Å². The van der Waals surface area contributed by atoms with E-state index in [9.17, 15) is 0 Å². The maximum absolute atomic E-state index is 2.46. The van der Waals surface area contributed by atoms with Gasteiger partial charge in [0, 0.05) is 32.7 Å². The molecule has 11 rings (SSSR count). The van der Waals surface area contributed by atoms with E-state index in [-0.39, 0.29) is 0 Å².